The quantitative estimate of drug-likeness (QED) is 0.760. The van der Waals surface area contributed by atoms with E-state index in [4.69, 9.17) is 9.47 Å². The van der Waals surface area contributed by atoms with Gasteiger partial charge >= 0.3 is 0 Å². The molecule has 1 aromatic rings. The molecule has 0 heterocycles. The van der Waals surface area contributed by atoms with E-state index in [0.717, 1.165) is 29.3 Å². The van der Waals surface area contributed by atoms with Crippen LogP contribution in [0.5, 0.6) is 11.5 Å². The SMILES string of the molecule is CCCC1CCC(C2Cc3cc(OC)c(OC)cc3C2)CC1. The summed E-state index contributed by atoms with van der Waals surface area (Å²) in [6.07, 6.45) is 11.1. The molecule has 122 valence electrons. The summed E-state index contributed by atoms with van der Waals surface area (Å²) < 4.78 is 10.9. The molecule has 0 bridgehead atoms. The summed E-state index contributed by atoms with van der Waals surface area (Å²) in [6.45, 7) is 2.32. The summed E-state index contributed by atoms with van der Waals surface area (Å²) in [4.78, 5) is 0. The fourth-order valence-corrected chi connectivity index (χ4v) is 4.67. The summed E-state index contributed by atoms with van der Waals surface area (Å²) in [5.74, 6) is 4.54. The minimum Gasteiger partial charge on any atom is -0.493 e. The molecule has 0 unspecified atom stereocenters. The van der Waals surface area contributed by atoms with Gasteiger partial charge in [0.2, 0.25) is 0 Å². The predicted molar refractivity (Wildman–Crippen MR) is 90.8 cm³/mol. The van der Waals surface area contributed by atoms with Crippen LogP contribution < -0.4 is 9.47 Å². The maximum atomic E-state index is 5.46. The minimum absolute atomic E-state index is 0.842. The number of ether oxygens (including phenoxy) is 2. The van der Waals surface area contributed by atoms with E-state index in [0.29, 0.717) is 0 Å². The van der Waals surface area contributed by atoms with E-state index in [-0.39, 0.29) is 0 Å². The molecule has 2 nitrogen and oxygen atoms in total. The molecule has 0 N–H and O–H groups in total. The van der Waals surface area contributed by atoms with Crippen molar-refractivity contribution in [3.8, 4) is 11.5 Å². The number of methoxy groups -OCH3 is 2. The molecule has 2 aliphatic carbocycles. The lowest BCUT2D eigenvalue weighted by Crippen LogP contribution is -2.22. The third kappa shape index (κ3) is 3.11. The van der Waals surface area contributed by atoms with Gasteiger partial charge in [0.05, 0.1) is 14.2 Å². The van der Waals surface area contributed by atoms with Gasteiger partial charge in [-0.2, -0.15) is 0 Å². The monoisotopic (exact) mass is 302 g/mol. The number of rotatable bonds is 5. The average molecular weight is 302 g/mol. The van der Waals surface area contributed by atoms with E-state index >= 15 is 0 Å². The summed E-state index contributed by atoms with van der Waals surface area (Å²) in [6, 6.07) is 4.41. The fraction of sp³-hybridized carbons (Fsp3) is 0.700. The highest BCUT2D eigenvalue weighted by atomic mass is 16.5. The normalized spacial score (nSPS) is 25.0. The zero-order valence-electron chi connectivity index (χ0n) is 14.4. The number of fused-ring (bicyclic) bond motifs is 1. The molecule has 1 aromatic carbocycles. The zero-order valence-corrected chi connectivity index (χ0v) is 14.4. The van der Waals surface area contributed by atoms with Crippen molar-refractivity contribution in [1.82, 2.24) is 0 Å². The maximum Gasteiger partial charge on any atom is 0.161 e. The van der Waals surface area contributed by atoms with Gasteiger partial charge < -0.3 is 9.47 Å². The third-order valence-electron chi connectivity index (χ3n) is 5.92. The standard InChI is InChI=1S/C20H30O2/c1-4-5-14-6-8-15(9-7-14)16-10-17-12-19(21-2)20(22-3)13-18(17)11-16/h12-16H,4-11H2,1-3H3. The summed E-state index contributed by atoms with van der Waals surface area (Å²) >= 11 is 0. The fourth-order valence-electron chi connectivity index (χ4n) is 4.67. The Hall–Kier alpha value is -1.18. The van der Waals surface area contributed by atoms with E-state index in [2.05, 4.69) is 19.1 Å². The molecule has 2 heteroatoms. The lowest BCUT2D eigenvalue weighted by Gasteiger charge is -2.32. The maximum absolute atomic E-state index is 5.46. The Kier molecular flexibility index (Phi) is 4.95. The molecule has 0 aliphatic heterocycles. The Balaban J connectivity index is 1.65. The van der Waals surface area contributed by atoms with Gasteiger partial charge in [0, 0.05) is 0 Å². The van der Waals surface area contributed by atoms with Crippen LogP contribution in [-0.2, 0) is 12.8 Å². The second-order valence-electron chi connectivity index (χ2n) is 7.21. The highest BCUT2D eigenvalue weighted by Gasteiger charge is 2.32. The first-order chi connectivity index (χ1) is 10.7. The van der Waals surface area contributed by atoms with Gasteiger partial charge in [-0.1, -0.05) is 32.6 Å². The molecule has 2 aliphatic rings. The van der Waals surface area contributed by atoms with Crippen LogP contribution in [0, 0.1) is 17.8 Å². The summed E-state index contributed by atoms with van der Waals surface area (Å²) in [7, 11) is 3.46. The Morgan fingerprint density at radius 2 is 1.41 bits per heavy atom. The van der Waals surface area contributed by atoms with Gasteiger partial charge in [0.1, 0.15) is 0 Å². The molecule has 0 aromatic heterocycles. The molecule has 3 rings (SSSR count). The largest absolute Gasteiger partial charge is 0.493 e. The predicted octanol–water partition coefficient (Wildman–Crippen LogP) is 5.03. The van der Waals surface area contributed by atoms with Gasteiger partial charge in [-0.25, -0.2) is 0 Å². The zero-order chi connectivity index (χ0) is 15.5. The first-order valence-corrected chi connectivity index (χ1v) is 8.98. The van der Waals surface area contributed by atoms with Gasteiger partial charge in [-0.05, 0) is 66.7 Å². The highest BCUT2D eigenvalue weighted by Crippen LogP contribution is 2.43. The molecule has 0 saturated heterocycles. The molecule has 0 radical (unpaired) electrons. The van der Waals surface area contributed by atoms with Crippen molar-refractivity contribution in [3.05, 3.63) is 23.3 Å². The van der Waals surface area contributed by atoms with Crippen molar-refractivity contribution in [2.75, 3.05) is 14.2 Å². The Morgan fingerprint density at radius 3 is 1.86 bits per heavy atom. The van der Waals surface area contributed by atoms with E-state index in [1.54, 1.807) is 14.2 Å². The Bertz CT molecular complexity index is 468. The molecule has 0 atom stereocenters. The van der Waals surface area contributed by atoms with Gasteiger partial charge in [-0.15, -0.1) is 0 Å². The van der Waals surface area contributed by atoms with Crippen molar-refractivity contribution in [3.63, 3.8) is 0 Å². The van der Waals surface area contributed by atoms with Crippen LogP contribution in [0.25, 0.3) is 0 Å². The van der Waals surface area contributed by atoms with E-state index < -0.39 is 0 Å². The highest BCUT2D eigenvalue weighted by molar-refractivity contribution is 5.49. The minimum atomic E-state index is 0.842. The van der Waals surface area contributed by atoms with E-state index in [9.17, 15) is 0 Å². The molecular formula is C20H30O2. The Morgan fingerprint density at radius 1 is 0.864 bits per heavy atom. The molecule has 1 saturated carbocycles. The first kappa shape index (κ1) is 15.7. The second-order valence-corrected chi connectivity index (χ2v) is 7.21. The lowest BCUT2D eigenvalue weighted by atomic mass is 9.74. The van der Waals surface area contributed by atoms with Crippen LogP contribution in [0.1, 0.15) is 56.6 Å². The van der Waals surface area contributed by atoms with Crippen LogP contribution in [0.3, 0.4) is 0 Å². The van der Waals surface area contributed by atoms with Gasteiger partial charge in [0.15, 0.2) is 11.5 Å². The first-order valence-electron chi connectivity index (χ1n) is 8.98. The molecule has 22 heavy (non-hydrogen) atoms. The number of hydrogen-bond acceptors (Lipinski definition) is 2. The summed E-state index contributed by atoms with van der Waals surface area (Å²) in [5, 5.41) is 0. The van der Waals surface area contributed by atoms with Crippen LogP contribution in [0.4, 0.5) is 0 Å². The van der Waals surface area contributed by atoms with E-state index in [1.165, 1.54) is 62.5 Å². The summed E-state index contributed by atoms with van der Waals surface area (Å²) in [5.41, 5.74) is 2.97. The van der Waals surface area contributed by atoms with Crippen LogP contribution in [-0.4, -0.2) is 14.2 Å². The Labute approximate surface area is 135 Å². The van der Waals surface area contributed by atoms with Crippen molar-refractivity contribution >= 4 is 0 Å². The lowest BCUT2D eigenvalue weighted by molar-refractivity contribution is 0.201. The van der Waals surface area contributed by atoms with Crippen LogP contribution in [0.2, 0.25) is 0 Å². The molecular weight excluding hydrogens is 272 g/mol. The van der Waals surface area contributed by atoms with Crippen LogP contribution >= 0.6 is 0 Å². The van der Waals surface area contributed by atoms with Gasteiger partial charge in [-0.3, -0.25) is 0 Å². The van der Waals surface area contributed by atoms with E-state index in [1.807, 2.05) is 0 Å². The second kappa shape index (κ2) is 6.93. The van der Waals surface area contributed by atoms with Crippen molar-refractivity contribution in [1.29, 1.82) is 0 Å². The topological polar surface area (TPSA) is 18.5 Å². The molecule has 1 fully saturated rings. The third-order valence-corrected chi connectivity index (χ3v) is 5.92. The van der Waals surface area contributed by atoms with Crippen molar-refractivity contribution < 1.29 is 9.47 Å². The van der Waals surface area contributed by atoms with Crippen LogP contribution in [0.15, 0.2) is 12.1 Å². The molecule has 0 amide bonds. The molecule has 0 spiro atoms. The van der Waals surface area contributed by atoms with Gasteiger partial charge in [0.25, 0.3) is 0 Å². The smallest absolute Gasteiger partial charge is 0.161 e. The number of benzene rings is 1. The van der Waals surface area contributed by atoms with Crippen molar-refractivity contribution in [2.45, 2.75) is 58.3 Å². The van der Waals surface area contributed by atoms with Crippen molar-refractivity contribution in [2.24, 2.45) is 17.8 Å². The average Bonchev–Trinajstić information content (AvgIpc) is 2.97. The number of hydrogen-bond donors (Lipinski definition) is 0.